The molecule has 1 aromatic heterocycles. The van der Waals surface area contributed by atoms with Crippen molar-refractivity contribution >= 4 is 23.4 Å². The molecule has 9 nitrogen and oxygen atoms in total. The van der Waals surface area contributed by atoms with Crippen LogP contribution in [0, 0.1) is 0 Å². The molecule has 10 heteroatoms. The van der Waals surface area contributed by atoms with E-state index in [0.29, 0.717) is 43.4 Å². The summed E-state index contributed by atoms with van der Waals surface area (Å²) in [5.41, 5.74) is 1.50. The van der Waals surface area contributed by atoms with Gasteiger partial charge in [0, 0.05) is 5.56 Å². The van der Waals surface area contributed by atoms with Crippen molar-refractivity contribution in [3.05, 3.63) is 78.5 Å². The predicted octanol–water partition coefficient (Wildman–Crippen LogP) is 2.53. The summed E-state index contributed by atoms with van der Waals surface area (Å²) in [6.07, 6.45) is 1.66. The SMILES string of the molecule is CCOC(=O)C1=C(C)N=c2sc(=Cc3ccc(OC)c(O)c3)c(=O)n2C1c1cc(OC)ccc1OC. The summed E-state index contributed by atoms with van der Waals surface area (Å²) in [6, 6.07) is 9.21. The Morgan fingerprint density at radius 2 is 1.83 bits per heavy atom. The van der Waals surface area contributed by atoms with Gasteiger partial charge in [-0.15, -0.1) is 0 Å². The quantitative estimate of drug-likeness (QED) is 0.487. The number of aromatic nitrogens is 1. The molecule has 36 heavy (non-hydrogen) atoms. The Balaban J connectivity index is 1.99. The highest BCUT2D eigenvalue weighted by Gasteiger charge is 2.35. The number of methoxy groups -OCH3 is 3. The van der Waals surface area contributed by atoms with Crippen LogP contribution in [0.5, 0.6) is 23.0 Å². The number of phenolic OH excluding ortho intramolecular Hbond substituents is 1. The van der Waals surface area contributed by atoms with Crippen LogP contribution >= 0.6 is 11.3 Å². The Kier molecular flexibility index (Phi) is 7.16. The van der Waals surface area contributed by atoms with E-state index in [1.165, 1.54) is 43.3 Å². The van der Waals surface area contributed by atoms with Crippen molar-refractivity contribution in [1.29, 1.82) is 0 Å². The fourth-order valence-electron chi connectivity index (χ4n) is 4.09. The molecule has 0 bridgehead atoms. The molecule has 0 aliphatic carbocycles. The lowest BCUT2D eigenvalue weighted by atomic mass is 9.94. The molecular formula is C26H26N2O7S. The zero-order valence-electron chi connectivity index (χ0n) is 20.5. The monoisotopic (exact) mass is 510 g/mol. The van der Waals surface area contributed by atoms with Crippen LogP contribution in [0.2, 0.25) is 0 Å². The fourth-order valence-corrected chi connectivity index (χ4v) is 5.13. The van der Waals surface area contributed by atoms with Crippen LogP contribution in [-0.4, -0.2) is 43.6 Å². The molecular weight excluding hydrogens is 484 g/mol. The maximum absolute atomic E-state index is 13.7. The second-order valence-electron chi connectivity index (χ2n) is 7.84. The van der Waals surface area contributed by atoms with Gasteiger partial charge in [0.2, 0.25) is 0 Å². The van der Waals surface area contributed by atoms with Gasteiger partial charge in [-0.3, -0.25) is 9.36 Å². The highest BCUT2D eigenvalue weighted by molar-refractivity contribution is 7.07. The number of aromatic hydroxyl groups is 1. The van der Waals surface area contributed by atoms with E-state index in [1.807, 2.05) is 0 Å². The maximum Gasteiger partial charge on any atom is 0.338 e. The van der Waals surface area contributed by atoms with Crippen molar-refractivity contribution in [2.45, 2.75) is 19.9 Å². The van der Waals surface area contributed by atoms with Gasteiger partial charge in [-0.25, -0.2) is 9.79 Å². The molecule has 1 unspecified atom stereocenters. The van der Waals surface area contributed by atoms with Crippen LogP contribution in [0.4, 0.5) is 0 Å². The number of rotatable bonds is 7. The van der Waals surface area contributed by atoms with Crippen molar-refractivity contribution in [2.24, 2.45) is 4.99 Å². The van der Waals surface area contributed by atoms with Crippen molar-refractivity contribution < 1.29 is 28.8 Å². The van der Waals surface area contributed by atoms with Gasteiger partial charge in [0.1, 0.15) is 17.5 Å². The van der Waals surface area contributed by atoms with Gasteiger partial charge in [0.05, 0.1) is 43.7 Å². The average molecular weight is 511 g/mol. The molecule has 0 radical (unpaired) electrons. The molecule has 0 spiro atoms. The lowest BCUT2D eigenvalue weighted by Crippen LogP contribution is -2.40. The predicted molar refractivity (Wildman–Crippen MR) is 135 cm³/mol. The summed E-state index contributed by atoms with van der Waals surface area (Å²) < 4.78 is 23.3. The first kappa shape index (κ1) is 25.1. The number of carbonyl (C=O) groups excluding carboxylic acids is 1. The number of esters is 1. The van der Waals surface area contributed by atoms with Gasteiger partial charge < -0.3 is 24.1 Å². The maximum atomic E-state index is 13.7. The van der Waals surface area contributed by atoms with E-state index in [4.69, 9.17) is 18.9 Å². The van der Waals surface area contributed by atoms with Crippen LogP contribution in [0.3, 0.4) is 0 Å². The van der Waals surface area contributed by atoms with Gasteiger partial charge in [-0.05, 0) is 55.8 Å². The van der Waals surface area contributed by atoms with E-state index in [2.05, 4.69) is 4.99 Å². The number of nitrogens with zero attached hydrogens (tertiary/aromatic N) is 2. The number of thiazole rings is 1. The standard InChI is InChI=1S/C26H26N2O7S/c1-6-35-25(31)22-14(2)27-26-28(23(22)17-13-16(32-3)8-10-19(17)33-4)24(30)21(36-26)12-15-7-9-20(34-5)18(29)11-15/h7-13,23,29H,6H2,1-5H3. The number of benzene rings is 2. The first-order chi connectivity index (χ1) is 17.3. The second kappa shape index (κ2) is 10.3. The van der Waals surface area contributed by atoms with E-state index in [0.717, 1.165) is 0 Å². The molecule has 3 aromatic rings. The van der Waals surface area contributed by atoms with Gasteiger partial charge >= 0.3 is 5.97 Å². The van der Waals surface area contributed by atoms with Crippen LogP contribution < -0.4 is 29.1 Å². The van der Waals surface area contributed by atoms with Crippen LogP contribution in [-0.2, 0) is 9.53 Å². The molecule has 2 aromatic carbocycles. The molecule has 1 N–H and O–H groups in total. The lowest BCUT2D eigenvalue weighted by molar-refractivity contribution is -0.139. The summed E-state index contributed by atoms with van der Waals surface area (Å²) >= 11 is 1.18. The minimum atomic E-state index is -0.850. The molecule has 0 amide bonds. The lowest BCUT2D eigenvalue weighted by Gasteiger charge is -2.26. The minimum Gasteiger partial charge on any atom is -0.504 e. The molecule has 1 aliphatic rings. The van der Waals surface area contributed by atoms with Gasteiger partial charge in [-0.1, -0.05) is 17.4 Å². The first-order valence-corrected chi connectivity index (χ1v) is 11.9. The summed E-state index contributed by atoms with van der Waals surface area (Å²) in [5.74, 6) is 0.737. The summed E-state index contributed by atoms with van der Waals surface area (Å²) in [6.45, 7) is 3.60. The molecule has 0 fully saturated rings. The molecule has 0 saturated carbocycles. The Bertz CT molecular complexity index is 1530. The third-order valence-corrected chi connectivity index (χ3v) is 6.73. The Hall–Kier alpha value is -4.05. The van der Waals surface area contributed by atoms with Crippen LogP contribution in [0.25, 0.3) is 6.08 Å². The topological polar surface area (TPSA) is 109 Å². The molecule has 1 atom stereocenters. The molecule has 0 saturated heterocycles. The summed E-state index contributed by atoms with van der Waals surface area (Å²) in [4.78, 5) is 31.8. The van der Waals surface area contributed by atoms with Crippen molar-refractivity contribution in [3.63, 3.8) is 0 Å². The number of hydrogen-bond donors (Lipinski definition) is 1. The minimum absolute atomic E-state index is 0.0431. The number of ether oxygens (including phenoxy) is 4. The Morgan fingerprint density at radius 3 is 2.47 bits per heavy atom. The fraction of sp³-hybridized carbons (Fsp3) is 0.269. The van der Waals surface area contributed by atoms with Crippen LogP contribution in [0.15, 0.2) is 57.5 Å². The number of fused-ring (bicyclic) bond motifs is 1. The third kappa shape index (κ3) is 4.47. The zero-order valence-corrected chi connectivity index (χ0v) is 21.3. The second-order valence-corrected chi connectivity index (χ2v) is 8.85. The molecule has 1 aliphatic heterocycles. The Morgan fingerprint density at radius 1 is 1.11 bits per heavy atom. The van der Waals surface area contributed by atoms with E-state index in [-0.39, 0.29) is 23.5 Å². The molecule has 4 rings (SSSR count). The van der Waals surface area contributed by atoms with Crippen molar-refractivity contribution in [3.8, 4) is 23.0 Å². The van der Waals surface area contributed by atoms with E-state index >= 15 is 0 Å². The van der Waals surface area contributed by atoms with E-state index < -0.39 is 12.0 Å². The molecule has 188 valence electrons. The van der Waals surface area contributed by atoms with Crippen molar-refractivity contribution in [1.82, 2.24) is 4.57 Å². The summed E-state index contributed by atoms with van der Waals surface area (Å²) in [5, 5.41) is 10.2. The first-order valence-electron chi connectivity index (χ1n) is 11.1. The number of hydrogen-bond acceptors (Lipinski definition) is 9. The van der Waals surface area contributed by atoms with Crippen LogP contribution in [0.1, 0.15) is 31.0 Å². The van der Waals surface area contributed by atoms with Gasteiger partial charge in [0.25, 0.3) is 5.56 Å². The zero-order chi connectivity index (χ0) is 26.0. The smallest absolute Gasteiger partial charge is 0.338 e. The number of carbonyl (C=O) groups is 1. The number of phenols is 1. The molecule has 2 heterocycles. The third-order valence-electron chi connectivity index (χ3n) is 5.75. The van der Waals surface area contributed by atoms with Crippen molar-refractivity contribution in [2.75, 3.05) is 27.9 Å². The van der Waals surface area contributed by atoms with Gasteiger partial charge in [-0.2, -0.15) is 0 Å². The largest absolute Gasteiger partial charge is 0.504 e. The Labute approximate surface area is 211 Å². The summed E-state index contributed by atoms with van der Waals surface area (Å²) in [7, 11) is 4.52. The van der Waals surface area contributed by atoms with E-state index in [9.17, 15) is 14.7 Å². The average Bonchev–Trinajstić information content (AvgIpc) is 3.17. The van der Waals surface area contributed by atoms with E-state index in [1.54, 1.807) is 50.3 Å². The highest BCUT2D eigenvalue weighted by Crippen LogP contribution is 2.37. The highest BCUT2D eigenvalue weighted by atomic mass is 32.1. The van der Waals surface area contributed by atoms with Gasteiger partial charge in [0.15, 0.2) is 16.3 Å². The normalized spacial score (nSPS) is 15.2. The number of allylic oxidation sites excluding steroid dienone is 1.